The Morgan fingerprint density at radius 2 is 1.62 bits per heavy atom. The average molecular weight is 413 g/mol. The van der Waals surface area contributed by atoms with Crippen LogP contribution in [0.2, 0.25) is 0 Å². The summed E-state index contributed by atoms with van der Waals surface area (Å²) in [5.41, 5.74) is 0.961. The second-order valence-corrected chi connectivity index (χ2v) is 9.00. The van der Waals surface area contributed by atoms with E-state index in [9.17, 15) is 5.11 Å². The van der Waals surface area contributed by atoms with Gasteiger partial charge in [0.25, 0.3) is 0 Å². The monoisotopic (exact) mass is 411 g/mol. The molecule has 1 aromatic rings. The predicted molar refractivity (Wildman–Crippen MR) is 92.0 cm³/mol. The molecular weight excluding hydrogens is 394 g/mol. The number of hydrogen-bond acceptors (Lipinski definition) is 2. The first-order chi connectivity index (χ1) is 10.0. The number of rotatable bonds is 2. The molecule has 0 unspecified atom stereocenters. The molecule has 1 N–H and O–H groups in total. The first-order valence-corrected chi connectivity index (χ1v) is 9.35. The molecule has 0 radical (unpaired) electrons. The summed E-state index contributed by atoms with van der Waals surface area (Å²) in [5, 5.41) is 10.2. The van der Waals surface area contributed by atoms with Crippen LogP contribution in [0.5, 0.6) is 5.75 Å². The Morgan fingerprint density at radius 3 is 2.19 bits per heavy atom. The Bertz CT molecular complexity index is 576. The Hall–Kier alpha value is -0.350. The third kappa shape index (κ3) is 2.59. The SMILES string of the molecule is Oc1c(Br)cc(Br)cc1C=NC12CC3CC(CC(C3)C1)C2. The summed E-state index contributed by atoms with van der Waals surface area (Å²) < 4.78 is 1.67. The van der Waals surface area contributed by atoms with Crippen LogP contribution in [0.4, 0.5) is 0 Å². The van der Waals surface area contributed by atoms with Gasteiger partial charge in [0.15, 0.2) is 0 Å². The van der Waals surface area contributed by atoms with E-state index in [0.29, 0.717) is 4.47 Å². The van der Waals surface area contributed by atoms with Gasteiger partial charge >= 0.3 is 0 Å². The van der Waals surface area contributed by atoms with Gasteiger partial charge in [-0.05, 0) is 84.3 Å². The second-order valence-electron chi connectivity index (χ2n) is 7.23. The Labute approximate surface area is 142 Å². The predicted octanol–water partition coefficient (Wildman–Crippen LogP) is 5.30. The molecule has 21 heavy (non-hydrogen) atoms. The van der Waals surface area contributed by atoms with Gasteiger partial charge in [-0.15, -0.1) is 0 Å². The highest BCUT2D eigenvalue weighted by Crippen LogP contribution is 2.57. The lowest BCUT2D eigenvalue weighted by Gasteiger charge is -2.54. The lowest BCUT2D eigenvalue weighted by atomic mass is 9.53. The summed E-state index contributed by atoms with van der Waals surface area (Å²) in [6.45, 7) is 0. The maximum Gasteiger partial charge on any atom is 0.138 e. The lowest BCUT2D eigenvalue weighted by Crippen LogP contribution is -2.49. The summed E-state index contributed by atoms with van der Waals surface area (Å²) in [7, 11) is 0. The third-order valence-electron chi connectivity index (χ3n) is 5.54. The highest BCUT2D eigenvalue weighted by atomic mass is 79.9. The average Bonchev–Trinajstić information content (AvgIpc) is 2.40. The molecule has 4 aliphatic rings. The van der Waals surface area contributed by atoms with Gasteiger partial charge in [0.2, 0.25) is 0 Å². The van der Waals surface area contributed by atoms with Crippen LogP contribution in [-0.4, -0.2) is 16.9 Å². The molecule has 5 rings (SSSR count). The molecule has 2 nitrogen and oxygen atoms in total. The first-order valence-electron chi connectivity index (χ1n) is 7.76. The van der Waals surface area contributed by atoms with Gasteiger partial charge in [-0.2, -0.15) is 0 Å². The fraction of sp³-hybridized carbons (Fsp3) is 0.588. The molecule has 4 bridgehead atoms. The Balaban J connectivity index is 1.64. The van der Waals surface area contributed by atoms with Crippen LogP contribution in [0, 0.1) is 17.8 Å². The van der Waals surface area contributed by atoms with Crippen molar-refractivity contribution in [3.05, 3.63) is 26.6 Å². The standard InChI is InChI=1S/C17H19Br2NO/c18-14-4-13(16(21)15(19)5-14)9-20-17-6-10-1-11(7-17)3-12(2-10)8-17/h4-5,9-12,21H,1-3,6-8H2. The fourth-order valence-corrected chi connectivity index (χ4v) is 6.37. The maximum absolute atomic E-state index is 10.2. The molecule has 4 heteroatoms. The first kappa shape index (κ1) is 14.3. The van der Waals surface area contributed by atoms with Gasteiger partial charge in [0.1, 0.15) is 5.75 Å². The van der Waals surface area contributed by atoms with Gasteiger partial charge in [0, 0.05) is 16.3 Å². The van der Waals surface area contributed by atoms with Crippen LogP contribution in [0.25, 0.3) is 0 Å². The van der Waals surface area contributed by atoms with Crippen molar-refractivity contribution in [3.63, 3.8) is 0 Å². The number of nitrogens with zero attached hydrogens (tertiary/aromatic N) is 1. The Morgan fingerprint density at radius 1 is 1.05 bits per heavy atom. The summed E-state index contributed by atoms with van der Waals surface area (Å²) in [6.07, 6.45) is 9.97. The van der Waals surface area contributed by atoms with Crippen molar-refractivity contribution in [2.24, 2.45) is 22.7 Å². The highest BCUT2D eigenvalue weighted by molar-refractivity contribution is 9.11. The van der Waals surface area contributed by atoms with Crippen molar-refractivity contribution in [2.75, 3.05) is 0 Å². The number of benzene rings is 1. The zero-order valence-corrected chi connectivity index (χ0v) is 15.0. The quantitative estimate of drug-likeness (QED) is 0.656. The van der Waals surface area contributed by atoms with Crippen molar-refractivity contribution in [3.8, 4) is 5.75 Å². The van der Waals surface area contributed by atoms with Crippen molar-refractivity contribution >= 4 is 38.1 Å². The molecule has 0 heterocycles. The molecule has 0 aromatic heterocycles. The van der Waals surface area contributed by atoms with Crippen molar-refractivity contribution in [1.82, 2.24) is 0 Å². The highest BCUT2D eigenvalue weighted by Gasteiger charge is 2.50. The molecule has 1 aromatic carbocycles. The largest absolute Gasteiger partial charge is 0.506 e. The van der Waals surface area contributed by atoms with Gasteiger partial charge < -0.3 is 5.11 Å². The molecular formula is C17H19Br2NO. The van der Waals surface area contributed by atoms with E-state index in [1.807, 2.05) is 18.3 Å². The van der Waals surface area contributed by atoms with Crippen LogP contribution in [0.3, 0.4) is 0 Å². The molecule has 0 amide bonds. The van der Waals surface area contributed by atoms with E-state index in [2.05, 4.69) is 31.9 Å². The van der Waals surface area contributed by atoms with E-state index >= 15 is 0 Å². The summed E-state index contributed by atoms with van der Waals surface area (Å²) in [6, 6.07) is 3.79. The van der Waals surface area contributed by atoms with E-state index in [0.717, 1.165) is 27.8 Å². The molecule has 0 spiro atoms. The van der Waals surface area contributed by atoms with Crippen LogP contribution >= 0.6 is 31.9 Å². The number of phenols is 1. The van der Waals surface area contributed by atoms with E-state index < -0.39 is 0 Å². The second kappa shape index (κ2) is 5.09. The number of hydrogen-bond donors (Lipinski definition) is 1. The smallest absolute Gasteiger partial charge is 0.138 e. The van der Waals surface area contributed by atoms with Crippen molar-refractivity contribution < 1.29 is 5.11 Å². The molecule has 112 valence electrons. The molecule has 4 fully saturated rings. The minimum atomic E-state index is 0.163. The molecule has 0 atom stereocenters. The molecule has 4 aliphatic carbocycles. The molecule has 0 aliphatic heterocycles. The number of phenolic OH excluding ortho intramolecular Hbond substituents is 1. The van der Waals surface area contributed by atoms with Gasteiger partial charge in [-0.25, -0.2) is 0 Å². The number of aromatic hydroxyl groups is 1. The van der Waals surface area contributed by atoms with Crippen molar-refractivity contribution in [1.29, 1.82) is 0 Å². The number of halogens is 2. The van der Waals surface area contributed by atoms with E-state index in [4.69, 9.17) is 4.99 Å². The van der Waals surface area contributed by atoms with Crippen LogP contribution in [0.1, 0.15) is 44.1 Å². The zero-order chi connectivity index (χ0) is 14.6. The minimum absolute atomic E-state index is 0.163. The molecule has 0 saturated heterocycles. The maximum atomic E-state index is 10.2. The summed E-state index contributed by atoms with van der Waals surface area (Å²) >= 11 is 6.87. The third-order valence-corrected chi connectivity index (χ3v) is 6.60. The Kier molecular flexibility index (Phi) is 3.45. The minimum Gasteiger partial charge on any atom is -0.506 e. The molecule has 4 saturated carbocycles. The van der Waals surface area contributed by atoms with E-state index in [1.165, 1.54) is 38.5 Å². The van der Waals surface area contributed by atoms with Gasteiger partial charge in [-0.1, -0.05) is 15.9 Å². The zero-order valence-electron chi connectivity index (χ0n) is 11.9. The van der Waals surface area contributed by atoms with Gasteiger partial charge in [0.05, 0.1) is 10.0 Å². The van der Waals surface area contributed by atoms with Crippen LogP contribution < -0.4 is 0 Å². The van der Waals surface area contributed by atoms with Crippen molar-refractivity contribution in [2.45, 2.75) is 44.1 Å². The van der Waals surface area contributed by atoms with Gasteiger partial charge in [-0.3, -0.25) is 4.99 Å². The topological polar surface area (TPSA) is 32.6 Å². The number of aliphatic imine (C=N–C) groups is 1. The lowest BCUT2D eigenvalue weighted by molar-refractivity contribution is 0.00194. The normalized spacial score (nSPS) is 37.5. The van der Waals surface area contributed by atoms with E-state index in [1.54, 1.807) is 0 Å². The fourth-order valence-electron chi connectivity index (χ4n) is 5.11. The summed E-state index contributed by atoms with van der Waals surface area (Å²) in [4.78, 5) is 5.00. The van der Waals surface area contributed by atoms with Crippen LogP contribution in [0.15, 0.2) is 26.1 Å². The van der Waals surface area contributed by atoms with E-state index in [-0.39, 0.29) is 11.3 Å². The van der Waals surface area contributed by atoms with Crippen LogP contribution in [-0.2, 0) is 0 Å². The summed E-state index contributed by atoms with van der Waals surface area (Å²) in [5.74, 6) is 2.98.